The lowest BCUT2D eigenvalue weighted by Crippen LogP contribution is -2.48. The lowest BCUT2D eigenvalue weighted by atomic mass is 9.88. The third-order valence-electron chi connectivity index (χ3n) is 5.18. The molecule has 26 heavy (non-hydrogen) atoms. The molecule has 0 saturated heterocycles. The average Bonchev–Trinajstić information content (AvgIpc) is 3.04. The minimum absolute atomic E-state index is 0.345. The van der Waals surface area contributed by atoms with E-state index >= 15 is 0 Å². The zero-order valence-corrected chi connectivity index (χ0v) is 16.5. The quantitative estimate of drug-likeness (QED) is 0.730. The van der Waals surface area contributed by atoms with E-state index in [9.17, 15) is 4.39 Å². The van der Waals surface area contributed by atoms with Crippen molar-refractivity contribution in [1.82, 2.24) is 14.8 Å². The second kappa shape index (κ2) is 8.21. The number of nitrogens with zero attached hydrogens (tertiary/aromatic N) is 4. The Morgan fingerprint density at radius 3 is 2.73 bits per heavy atom. The number of hydrogen-bond donors (Lipinski definition) is 0. The van der Waals surface area contributed by atoms with Crippen LogP contribution in [-0.4, -0.2) is 40.6 Å². The predicted octanol–water partition coefficient (Wildman–Crippen LogP) is 4.46. The van der Waals surface area contributed by atoms with Crippen LogP contribution in [0.4, 0.5) is 10.1 Å². The lowest BCUT2D eigenvalue weighted by Gasteiger charge is -2.43. The number of halogens is 1. The van der Waals surface area contributed by atoms with Crippen LogP contribution in [0.5, 0.6) is 0 Å². The van der Waals surface area contributed by atoms with E-state index in [0.29, 0.717) is 12.3 Å². The van der Waals surface area contributed by atoms with E-state index in [1.165, 1.54) is 16.8 Å². The highest BCUT2D eigenvalue weighted by Gasteiger charge is 2.28. The third-order valence-corrected chi connectivity index (χ3v) is 5.18. The Balaban J connectivity index is 1.96. The second-order valence-corrected chi connectivity index (χ2v) is 7.46. The molecule has 1 aromatic heterocycles. The Labute approximate surface area is 156 Å². The zero-order chi connectivity index (χ0) is 18.7. The highest BCUT2D eigenvalue weighted by Crippen LogP contribution is 2.36. The molecule has 4 nitrogen and oxygen atoms in total. The summed E-state index contributed by atoms with van der Waals surface area (Å²) in [6, 6.07) is 6.68. The van der Waals surface area contributed by atoms with Gasteiger partial charge in [0.25, 0.3) is 0 Å². The zero-order valence-electron chi connectivity index (χ0n) is 16.5. The van der Waals surface area contributed by atoms with Gasteiger partial charge < -0.3 is 5.01 Å². The molecule has 0 fully saturated rings. The molecular formula is C21H31FN4. The Bertz CT molecular complexity index is 725. The molecule has 0 radical (unpaired) electrons. The molecule has 0 N–H and O–H groups in total. The summed E-state index contributed by atoms with van der Waals surface area (Å²) < 4.78 is 15.6. The van der Waals surface area contributed by atoms with Crippen LogP contribution >= 0.6 is 0 Å². The van der Waals surface area contributed by atoms with Crippen LogP contribution in [-0.2, 0) is 13.5 Å². The largest absolute Gasteiger partial charge is 0.305 e. The lowest BCUT2D eigenvalue weighted by molar-refractivity contribution is 0.215. The van der Waals surface area contributed by atoms with Gasteiger partial charge in [0.05, 0.1) is 18.1 Å². The standard InChI is InChI=1S/C21H31FN4/c1-5-9-25(6-2)26-14-17(10-16(3)22)11-19-12-18(7-8-21(19)26)20-13-23-24(4)15-20/h7-8,12-13,15-17H,5-6,9-11,14H2,1-4H3. The number of rotatable bonds is 7. The normalized spacial score (nSPS) is 18.2. The Morgan fingerprint density at radius 2 is 2.12 bits per heavy atom. The summed E-state index contributed by atoms with van der Waals surface area (Å²) in [5.74, 6) is 0.345. The Morgan fingerprint density at radius 1 is 1.31 bits per heavy atom. The van der Waals surface area contributed by atoms with Crippen molar-refractivity contribution < 1.29 is 4.39 Å². The highest BCUT2D eigenvalue weighted by atomic mass is 19.1. The van der Waals surface area contributed by atoms with E-state index in [2.05, 4.69) is 47.2 Å². The smallest absolute Gasteiger partial charge is 0.0977 e. The summed E-state index contributed by atoms with van der Waals surface area (Å²) in [4.78, 5) is 0. The van der Waals surface area contributed by atoms with Gasteiger partial charge >= 0.3 is 0 Å². The summed E-state index contributed by atoms with van der Waals surface area (Å²) in [5.41, 5.74) is 4.90. The first-order valence-electron chi connectivity index (χ1n) is 9.80. The molecule has 5 heteroatoms. The van der Waals surface area contributed by atoms with Crippen LogP contribution in [0.25, 0.3) is 11.1 Å². The van der Waals surface area contributed by atoms with Crippen LogP contribution in [0, 0.1) is 5.92 Å². The van der Waals surface area contributed by atoms with E-state index in [1.807, 2.05) is 24.1 Å². The number of aryl methyl sites for hydroxylation is 1. The fourth-order valence-electron chi connectivity index (χ4n) is 4.06. The van der Waals surface area contributed by atoms with E-state index in [4.69, 9.17) is 0 Å². The molecule has 2 atom stereocenters. The van der Waals surface area contributed by atoms with Crippen molar-refractivity contribution in [3.63, 3.8) is 0 Å². The van der Waals surface area contributed by atoms with Crippen molar-refractivity contribution in [1.29, 1.82) is 0 Å². The first kappa shape index (κ1) is 18.9. The van der Waals surface area contributed by atoms with Crippen LogP contribution in [0.2, 0.25) is 0 Å². The maximum Gasteiger partial charge on any atom is 0.0977 e. The fraction of sp³-hybridized carbons (Fsp3) is 0.571. The van der Waals surface area contributed by atoms with Crippen molar-refractivity contribution in [2.24, 2.45) is 13.0 Å². The molecule has 1 aliphatic heterocycles. The van der Waals surface area contributed by atoms with Gasteiger partial charge in [-0.1, -0.05) is 19.9 Å². The van der Waals surface area contributed by atoms with Crippen molar-refractivity contribution in [2.75, 3.05) is 24.6 Å². The van der Waals surface area contributed by atoms with Crippen LogP contribution in [0.1, 0.15) is 39.2 Å². The topological polar surface area (TPSA) is 24.3 Å². The van der Waals surface area contributed by atoms with Crippen LogP contribution in [0.3, 0.4) is 0 Å². The SMILES string of the molecule is CCCN(CC)N1CC(CC(C)F)Cc2cc(-c3cnn(C)c3)ccc21. The van der Waals surface area contributed by atoms with Gasteiger partial charge in [-0.05, 0) is 55.4 Å². The molecule has 142 valence electrons. The first-order chi connectivity index (χ1) is 12.5. The molecular weight excluding hydrogens is 327 g/mol. The van der Waals surface area contributed by atoms with Crippen LogP contribution in [0.15, 0.2) is 30.6 Å². The van der Waals surface area contributed by atoms with E-state index in [0.717, 1.165) is 38.0 Å². The summed E-state index contributed by atoms with van der Waals surface area (Å²) >= 11 is 0. The van der Waals surface area contributed by atoms with Crippen molar-refractivity contribution >= 4 is 5.69 Å². The number of benzene rings is 1. The molecule has 0 spiro atoms. The van der Waals surface area contributed by atoms with Crippen molar-refractivity contribution in [2.45, 2.75) is 46.2 Å². The number of aromatic nitrogens is 2. The molecule has 2 heterocycles. The summed E-state index contributed by atoms with van der Waals surface area (Å²) in [7, 11) is 1.94. The molecule has 0 saturated carbocycles. The summed E-state index contributed by atoms with van der Waals surface area (Å²) in [5, 5.41) is 9.08. The predicted molar refractivity (Wildman–Crippen MR) is 106 cm³/mol. The number of anilines is 1. The number of alkyl halides is 1. The highest BCUT2D eigenvalue weighted by molar-refractivity contribution is 5.68. The minimum atomic E-state index is -0.758. The molecule has 1 aliphatic rings. The van der Waals surface area contributed by atoms with Gasteiger partial charge in [0.15, 0.2) is 0 Å². The molecule has 1 aromatic carbocycles. The third kappa shape index (κ3) is 4.09. The van der Waals surface area contributed by atoms with E-state index in [1.54, 1.807) is 6.92 Å². The second-order valence-electron chi connectivity index (χ2n) is 7.46. The Kier molecular flexibility index (Phi) is 5.97. The monoisotopic (exact) mass is 358 g/mol. The fourth-order valence-corrected chi connectivity index (χ4v) is 4.06. The molecule has 0 amide bonds. The van der Waals surface area contributed by atoms with Gasteiger partial charge in [0.2, 0.25) is 0 Å². The van der Waals surface area contributed by atoms with Crippen LogP contribution < -0.4 is 5.01 Å². The van der Waals surface area contributed by atoms with Gasteiger partial charge in [-0.15, -0.1) is 0 Å². The minimum Gasteiger partial charge on any atom is -0.305 e. The van der Waals surface area contributed by atoms with Gasteiger partial charge in [-0.3, -0.25) is 4.68 Å². The molecule has 0 aliphatic carbocycles. The summed E-state index contributed by atoms with van der Waals surface area (Å²) in [6.45, 7) is 8.98. The average molecular weight is 359 g/mol. The van der Waals surface area contributed by atoms with Crippen molar-refractivity contribution in [3.8, 4) is 11.1 Å². The summed E-state index contributed by atoms with van der Waals surface area (Å²) in [6.07, 6.45) is 5.86. The maximum absolute atomic E-state index is 13.7. The van der Waals surface area contributed by atoms with Crippen molar-refractivity contribution in [3.05, 3.63) is 36.2 Å². The number of hydrazine groups is 1. The van der Waals surface area contributed by atoms with E-state index in [-0.39, 0.29) is 0 Å². The molecule has 2 unspecified atom stereocenters. The number of hydrogen-bond acceptors (Lipinski definition) is 3. The van der Waals surface area contributed by atoms with Gasteiger partial charge in [-0.25, -0.2) is 9.40 Å². The first-order valence-corrected chi connectivity index (χ1v) is 9.80. The van der Waals surface area contributed by atoms with Gasteiger partial charge in [-0.2, -0.15) is 5.10 Å². The molecule has 3 rings (SSSR count). The van der Waals surface area contributed by atoms with Gasteiger partial charge in [0, 0.05) is 38.4 Å². The van der Waals surface area contributed by atoms with E-state index < -0.39 is 6.17 Å². The van der Waals surface area contributed by atoms with Gasteiger partial charge in [0.1, 0.15) is 0 Å². The Hall–Kier alpha value is -1.88. The maximum atomic E-state index is 13.7. The molecule has 2 aromatic rings. The number of fused-ring (bicyclic) bond motifs is 1. The molecule has 0 bridgehead atoms.